The summed E-state index contributed by atoms with van der Waals surface area (Å²) in [7, 11) is 0. The third-order valence-electron chi connectivity index (χ3n) is 9.13. The fraction of sp³-hybridized carbons (Fsp3) is 0.579. The summed E-state index contributed by atoms with van der Waals surface area (Å²) in [4.78, 5) is 48.7. The number of hydrogen-bond acceptors (Lipinski definition) is 6. The van der Waals surface area contributed by atoms with Gasteiger partial charge < -0.3 is 30.4 Å². The molecule has 0 heterocycles. The summed E-state index contributed by atoms with van der Waals surface area (Å²) >= 11 is 0. The molecule has 48 heavy (non-hydrogen) atoms. The van der Waals surface area contributed by atoms with Crippen molar-refractivity contribution in [2.75, 3.05) is 6.54 Å². The minimum Gasteiger partial charge on any atom is -0.465 e. The highest BCUT2D eigenvalue weighted by molar-refractivity contribution is 5.68. The van der Waals surface area contributed by atoms with Gasteiger partial charge >= 0.3 is 12.2 Å². The van der Waals surface area contributed by atoms with Gasteiger partial charge in [-0.05, 0) is 48.8 Å². The van der Waals surface area contributed by atoms with E-state index in [9.17, 15) is 29.4 Å². The second-order valence-electron chi connectivity index (χ2n) is 13.5. The molecule has 10 heteroatoms. The molecule has 0 fully saturated rings. The van der Waals surface area contributed by atoms with Gasteiger partial charge in [-0.15, -0.1) is 0 Å². The van der Waals surface area contributed by atoms with Crippen molar-refractivity contribution < 1.29 is 29.4 Å². The monoisotopic (exact) mass is 666 g/mol. The second kappa shape index (κ2) is 22.0. The van der Waals surface area contributed by atoms with Crippen molar-refractivity contribution in [1.29, 1.82) is 0 Å². The van der Waals surface area contributed by atoms with Crippen LogP contribution in [0.5, 0.6) is 0 Å². The van der Waals surface area contributed by atoms with Crippen LogP contribution in [0, 0.1) is 17.8 Å². The Kier molecular flexibility index (Phi) is 18.5. The lowest BCUT2D eigenvalue weighted by molar-refractivity contribution is -0.125. The van der Waals surface area contributed by atoms with Gasteiger partial charge in [0.05, 0.1) is 12.1 Å². The molecule has 2 aromatic carbocycles. The third-order valence-corrected chi connectivity index (χ3v) is 9.13. The summed E-state index contributed by atoms with van der Waals surface area (Å²) in [6, 6.07) is 18.2. The summed E-state index contributed by atoms with van der Waals surface area (Å²) in [5.74, 6) is -0.413. The third kappa shape index (κ3) is 13.8. The van der Waals surface area contributed by atoms with Gasteiger partial charge in [-0.2, -0.15) is 5.01 Å². The van der Waals surface area contributed by atoms with Crippen LogP contribution in [0.1, 0.15) is 96.6 Å². The normalized spacial score (nSPS) is 14.6. The number of amides is 2. The molecule has 2 unspecified atom stereocenters. The number of carboxylic acid groups (broad SMARTS) is 2. The number of hydrazine groups is 1. The average molecular weight is 667 g/mol. The summed E-state index contributed by atoms with van der Waals surface area (Å²) in [6.45, 7) is 8.56. The van der Waals surface area contributed by atoms with Gasteiger partial charge in [-0.3, -0.25) is 5.43 Å². The Labute approximate surface area is 287 Å². The molecule has 0 radical (unpaired) electrons. The zero-order valence-corrected chi connectivity index (χ0v) is 29.3. The zero-order chi connectivity index (χ0) is 35.4. The van der Waals surface area contributed by atoms with E-state index in [0.29, 0.717) is 19.1 Å². The maximum Gasteiger partial charge on any atom is 0.419 e. The number of carbonyl (C=O) groups is 4. The Morgan fingerprint density at radius 1 is 0.729 bits per heavy atom. The molecule has 0 aliphatic carbocycles. The molecule has 0 saturated heterocycles. The van der Waals surface area contributed by atoms with Crippen molar-refractivity contribution in [2.24, 2.45) is 17.8 Å². The van der Waals surface area contributed by atoms with Crippen LogP contribution in [0.25, 0.3) is 0 Å². The quantitative estimate of drug-likeness (QED) is 0.0327. The molecule has 4 atom stereocenters. The minimum atomic E-state index is -1.48. The van der Waals surface area contributed by atoms with E-state index in [4.69, 9.17) is 0 Å². The first-order chi connectivity index (χ1) is 23.0. The number of carbonyl (C=O) groups excluding carboxylic acids is 2. The van der Waals surface area contributed by atoms with E-state index < -0.39 is 29.8 Å². The van der Waals surface area contributed by atoms with Crippen molar-refractivity contribution >= 4 is 24.8 Å². The highest BCUT2D eigenvalue weighted by Gasteiger charge is 2.49. The molecule has 10 nitrogen and oxygen atoms in total. The molecule has 0 aromatic heterocycles. The Bertz CT molecular complexity index is 1210. The molecule has 5 N–H and O–H groups in total. The van der Waals surface area contributed by atoms with Crippen LogP contribution in [0.3, 0.4) is 0 Å². The van der Waals surface area contributed by atoms with E-state index in [1.54, 1.807) is 0 Å². The Morgan fingerprint density at radius 2 is 1.27 bits per heavy atom. The molecule has 0 spiro atoms. The first-order valence-electron chi connectivity index (χ1n) is 17.6. The number of unbranched alkanes of at least 4 members (excludes halogenated alkanes) is 7. The van der Waals surface area contributed by atoms with Crippen LogP contribution in [0.15, 0.2) is 60.7 Å². The van der Waals surface area contributed by atoms with E-state index in [0.717, 1.165) is 75.3 Å². The van der Waals surface area contributed by atoms with Gasteiger partial charge in [0.2, 0.25) is 0 Å². The minimum absolute atomic E-state index is 0.0884. The summed E-state index contributed by atoms with van der Waals surface area (Å²) in [5, 5.41) is 27.8. The maximum atomic E-state index is 12.6. The Hall–Kier alpha value is -3.76. The van der Waals surface area contributed by atoms with E-state index in [1.165, 1.54) is 5.01 Å². The van der Waals surface area contributed by atoms with Crippen molar-refractivity contribution in [2.45, 2.75) is 116 Å². The molecular formula is C38H58N4O6. The summed E-state index contributed by atoms with van der Waals surface area (Å²) < 4.78 is 0. The van der Waals surface area contributed by atoms with Crippen molar-refractivity contribution in [3.8, 4) is 0 Å². The van der Waals surface area contributed by atoms with Gasteiger partial charge in [-0.25, -0.2) is 9.59 Å². The van der Waals surface area contributed by atoms with E-state index in [2.05, 4.69) is 16.1 Å². The molecule has 0 aliphatic rings. The molecular weight excluding hydrogens is 608 g/mol. The van der Waals surface area contributed by atoms with Crippen LogP contribution in [0.4, 0.5) is 9.59 Å². The predicted molar refractivity (Wildman–Crippen MR) is 190 cm³/mol. The van der Waals surface area contributed by atoms with Crippen molar-refractivity contribution in [3.05, 3.63) is 71.8 Å². The summed E-state index contributed by atoms with van der Waals surface area (Å²) in [6.07, 6.45) is 8.56. The number of nitrogens with one attached hydrogen (secondary N) is 3. The lowest BCUT2D eigenvalue weighted by atomic mass is 9.77. The summed E-state index contributed by atoms with van der Waals surface area (Å²) in [5.41, 5.74) is 2.80. The Morgan fingerprint density at radius 3 is 1.75 bits per heavy atom. The highest BCUT2D eigenvalue weighted by atomic mass is 16.4. The first-order valence-corrected chi connectivity index (χ1v) is 17.6. The van der Waals surface area contributed by atoms with Crippen molar-refractivity contribution in [1.82, 2.24) is 21.1 Å². The van der Waals surface area contributed by atoms with Crippen LogP contribution in [-0.4, -0.2) is 64.3 Å². The molecule has 2 amide bonds. The van der Waals surface area contributed by atoms with Crippen LogP contribution < -0.4 is 16.1 Å². The molecule has 0 aliphatic heterocycles. The number of benzene rings is 2. The number of aldehydes is 2. The molecule has 0 saturated carbocycles. The highest BCUT2D eigenvalue weighted by Crippen LogP contribution is 2.35. The smallest absolute Gasteiger partial charge is 0.419 e. The fourth-order valence-corrected chi connectivity index (χ4v) is 6.48. The van der Waals surface area contributed by atoms with E-state index in [1.807, 2.05) is 88.4 Å². The molecule has 266 valence electrons. The van der Waals surface area contributed by atoms with Gasteiger partial charge in [0.25, 0.3) is 0 Å². The molecule has 2 aromatic rings. The van der Waals surface area contributed by atoms with Gasteiger partial charge in [0.1, 0.15) is 18.2 Å². The number of rotatable bonds is 25. The van der Waals surface area contributed by atoms with Crippen LogP contribution >= 0.6 is 0 Å². The zero-order valence-electron chi connectivity index (χ0n) is 29.3. The number of hydrogen-bond donors (Lipinski definition) is 5. The fourth-order valence-electron chi connectivity index (χ4n) is 6.48. The van der Waals surface area contributed by atoms with E-state index in [-0.39, 0.29) is 24.3 Å². The van der Waals surface area contributed by atoms with Gasteiger partial charge in [0, 0.05) is 12.3 Å². The van der Waals surface area contributed by atoms with Gasteiger partial charge in [-0.1, -0.05) is 133 Å². The first kappa shape index (κ1) is 40.4. The lowest BCUT2D eigenvalue weighted by Crippen LogP contribution is -2.73. The largest absolute Gasteiger partial charge is 0.465 e. The van der Waals surface area contributed by atoms with Crippen LogP contribution in [0.2, 0.25) is 0 Å². The SMILES string of the molecule is CC(C)C(C=O)NCCCCCCCCCC[C@@H](Cc1ccccc1)C(Cc1ccccc1)(NC(=O)O)N(NC(=O)O)[C@H](C=O)C(C)C. The molecule has 0 bridgehead atoms. The standard InChI is InChI=1S/C38H58N4O6/c1-29(2)34(27-43)39-24-18-10-8-6-5-7-9-17-23-33(25-31-19-13-11-14-20-31)38(40-36(45)46,26-32-21-15-12-16-22-32)42(41-37(47)48)35(28-44)30(3)4/h11-16,19-22,27-30,33-35,39-41H,5-10,17-18,23-26H2,1-4H3,(H,45,46)(H,47,48)/t33-,34?,35+,38?/m0/s1. The van der Waals surface area contributed by atoms with Gasteiger partial charge in [0.15, 0.2) is 0 Å². The number of nitrogens with zero attached hydrogens (tertiary/aromatic N) is 1. The Balaban J connectivity index is 2.28. The second-order valence-corrected chi connectivity index (χ2v) is 13.5. The van der Waals surface area contributed by atoms with Crippen molar-refractivity contribution in [3.63, 3.8) is 0 Å². The molecule has 2 rings (SSSR count). The lowest BCUT2D eigenvalue weighted by Gasteiger charge is -2.51. The topological polar surface area (TPSA) is 148 Å². The maximum absolute atomic E-state index is 12.6. The predicted octanol–water partition coefficient (Wildman–Crippen LogP) is 7.08. The van der Waals surface area contributed by atoms with Crippen LogP contribution in [-0.2, 0) is 22.4 Å². The average Bonchev–Trinajstić information content (AvgIpc) is 3.04. The van der Waals surface area contributed by atoms with E-state index >= 15 is 0 Å².